The van der Waals surface area contributed by atoms with Gasteiger partial charge in [0.05, 0.1) is 36.9 Å². The number of H-pyrrole nitrogens is 1. The number of rotatable bonds is 8. The smallest absolute Gasteiger partial charge is 0.302 e. The minimum Gasteiger partial charge on any atom is -0.507 e. The third-order valence-electron chi connectivity index (χ3n) is 7.04. The topological polar surface area (TPSA) is 108 Å². The number of amides is 1. The zero-order valence-corrected chi connectivity index (χ0v) is 22.3. The van der Waals surface area contributed by atoms with Gasteiger partial charge in [0.15, 0.2) is 11.5 Å². The Labute approximate surface area is 226 Å². The molecule has 1 amide bonds. The first-order valence-electron chi connectivity index (χ1n) is 12.7. The molecule has 9 heteroatoms. The Morgan fingerprint density at radius 3 is 2.31 bits per heavy atom. The number of Topliss-reactive ketones (excluding diaryl/α,β-unsaturated/α-hetero) is 1. The van der Waals surface area contributed by atoms with Gasteiger partial charge in [-0.25, -0.2) is 4.98 Å². The Morgan fingerprint density at radius 1 is 0.974 bits per heavy atom. The van der Waals surface area contributed by atoms with E-state index in [0.717, 1.165) is 24.3 Å². The molecular formula is C30H30N4O5. The largest absolute Gasteiger partial charge is 0.507 e. The number of aliphatic hydroxyl groups excluding tert-OH is 1. The Morgan fingerprint density at radius 2 is 1.67 bits per heavy atom. The van der Waals surface area contributed by atoms with E-state index < -0.39 is 17.7 Å². The first-order valence-corrected chi connectivity index (χ1v) is 12.7. The van der Waals surface area contributed by atoms with Crippen LogP contribution in [0.4, 0.5) is 11.6 Å². The molecule has 1 aromatic heterocycles. The van der Waals surface area contributed by atoms with Crippen LogP contribution in [0.2, 0.25) is 0 Å². The number of fused-ring (bicyclic) bond motifs is 1. The number of anilines is 2. The number of aliphatic hydroxyl groups is 1. The number of methoxy groups -OCH3 is 2. The molecule has 0 bridgehead atoms. The predicted octanol–water partition coefficient (Wildman–Crippen LogP) is 5.05. The molecule has 1 saturated heterocycles. The third-order valence-corrected chi connectivity index (χ3v) is 7.04. The number of carbonyl (C=O) groups is 2. The SMILES string of the molecule is CCN(CC)c1ccc(C2/C(=C(\O)c3ccc(OC)c(OC)c3)C(=O)C(=O)N2c2nc3ccccc3[nH]2)cc1. The number of ketones is 1. The maximum absolute atomic E-state index is 13.5. The number of benzene rings is 3. The molecule has 9 nitrogen and oxygen atoms in total. The van der Waals surface area contributed by atoms with E-state index in [0.29, 0.717) is 28.1 Å². The zero-order valence-electron chi connectivity index (χ0n) is 22.3. The highest BCUT2D eigenvalue weighted by Crippen LogP contribution is 2.43. The van der Waals surface area contributed by atoms with Gasteiger partial charge in [0.1, 0.15) is 5.76 Å². The van der Waals surface area contributed by atoms with E-state index in [1.165, 1.54) is 19.1 Å². The van der Waals surface area contributed by atoms with Gasteiger partial charge >= 0.3 is 5.91 Å². The van der Waals surface area contributed by atoms with Gasteiger partial charge in [0.2, 0.25) is 5.95 Å². The normalized spacial score (nSPS) is 16.6. The highest BCUT2D eigenvalue weighted by atomic mass is 16.5. The summed E-state index contributed by atoms with van der Waals surface area (Å²) in [4.78, 5) is 38.3. The molecule has 4 aromatic rings. The Balaban J connectivity index is 1.69. The number of imidazole rings is 1. The van der Waals surface area contributed by atoms with Gasteiger partial charge in [0, 0.05) is 24.3 Å². The second-order valence-electron chi connectivity index (χ2n) is 9.08. The summed E-state index contributed by atoms with van der Waals surface area (Å²) in [6.07, 6.45) is 0. The van der Waals surface area contributed by atoms with Crippen molar-refractivity contribution < 1.29 is 24.2 Å². The number of hydrogen-bond donors (Lipinski definition) is 2. The van der Waals surface area contributed by atoms with Crippen molar-refractivity contribution in [3.63, 3.8) is 0 Å². The van der Waals surface area contributed by atoms with Crippen LogP contribution in [0.1, 0.15) is 31.0 Å². The van der Waals surface area contributed by atoms with Crippen molar-refractivity contribution in [1.82, 2.24) is 9.97 Å². The van der Waals surface area contributed by atoms with Crippen molar-refractivity contribution in [3.05, 3.63) is 83.4 Å². The van der Waals surface area contributed by atoms with Gasteiger partial charge < -0.3 is 24.5 Å². The summed E-state index contributed by atoms with van der Waals surface area (Å²) in [5, 5.41) is 11.5. The fraction of sp³-hybridized carbons (Fsp3) is 0.233. The molecule has 1 aliphatic rings. The molecule has 1 atom stereocenters. The van der Waals surface area contributed by atoms with Crippen molar-refractivity contribution in [2.24, 2.45) is 0 Å². The number of nitrogens with one attached hydrogen (secondary N) is 1. The summed E-state index contributed by atoms with van der Waals surface area (Å²) in [5.41, 5.74) is 3.34. The molecule has 5 rings (SSSR count). The molecule has 1 fully saturated rings. The first-order chi connectivity index (χ1) is 18.9. The zero-order chi connectivity index (χ0) is 27.7. The molecule has 200 valence electrons. The number of aromatic amines is 1. The van der Waals surface area contributed by atoms with Crippen LogP contribution in [-0.4, -0.2) is 54.1 Å². The van der Waals surface area contributed by atoms with Gasteiger partial charge in [-0.2, -0.15) is 0 Å². The van der Waals surface area contributed by atoms with Crippen molar-refractivity contribution in [2.75, 3.05) is 37.1 Å². The van der Waals surface area contributed by atoms with Crippen LogP contribution in [0.5, 0.6) is 11.5 Å². The van der Waals surface area contributed by atoms with Crippen LogP contribution in [-0.2, 0) is 9.59 Å². The fourth-order valence-corrected chi connectivity index (χ4v) is 5.02. The van der Waals surface area contributed by atoms with E-state index in [4.69, 9.17) is 9.47 Å². The van der Waals surface area contributed by atoms with Gasteiger partial charge in [-0.1, -0.05) is 24.3 Å². The van der Waals surface area contributed by atoms with Crippen LogP contribution in [0.3, 0.4) is 0 Å². The average Bonchev–Trinajstić information content (AvgIpc) is 3.51. The molecule has 1 aliphatic heterocycles. The lowest BCUT2D eigenvalue weighted by molar-refractivity contribution is -0.132. The van der Waals surface area contributed by atoms with Gasteiger partial charge in [0.25, 0.3) is 5.78 Å². The summed E-state index contributed by atoms with van der Waals surface area (Å²) < 4.78 is 10.7. The highest BCUT2D eigenvalue weighted by molar-refractivity contribution is 6.51. The molecular weight excluding hydrogens is 496 g/mol. The summed E-state index contributed by atoms with van der Waals surface area (Å²) in [6.45, 7) is 5.84. The van der Waals surface area contributed by atoms with Crippen molar-refractivity contribution in [3.8, 4) is 11.5 Å². The number of ether oxygens (including phenoxy) is 2. The maximum Gasteiger partial charge on any atom is 0.302 e. The minimum atomic E-state index is -0.913. The van der Waals surface area contributed by atoms with Gasteiger partial charge in [-0.3, -0.25) is 14.5 Å². The predicted molar refractivity (Wildman–Crippen MR) is 150 cm³/mol. The number of nitrogens with zero attached hydrogens (tertiary/aromatic N) is 3. The van der Waals surface area contributed by atoms with Crippen LogP contribution in [0.15, 0.2) is 72.3 Å². The van der Waals surface area contributed by atoms with Crippen molar-refractivity contribution >= 4 is 40.1 Å². The Bertz CT molecular complexity index is 1540. The number of para-hydroxylation sites is 2. The van der Waals surface area contributed by atoms with Crippen LogP contribution < -0.4 is 19.3 Å². The van der Waals surface area contributed by atoms with E-state index >= 15 is 0 Å². The van der Waals surface area contributed by atoms with E-state index in [1.807, 2.05) is 48.5 Å². The van der Waals surface area contributed by atoms with E-state index in [2.05, 4.69) is 28.7 Å². The number of carbonyl (C=O) groups excluding carboxylic acids is 2. The molecule has 0 saturated carbocycles. The summed E-state index contributed by atoms with van der Waals surface area (Å²) in [6, 6.07) is 19.0. The quantitative estimate of drug-likeness (QED) is 0.188. The second-order valence-corrected chi connectivity index (χ2v) is 9.08. The molecule has 0 aliphatic carbocycles. The molecule has 0 spiro atoms. The third kappa shape index (κ3) is 4.46. The summed E-state index contributed by atoms with van der Waals surface area (Å²) >= 11 is 0. The molecule has 2 N–H and O–H groups in total. The number of hydrogen-bond acceptors (Lipinski definition) is 7. The monoisotopic (exact) mass is 526 g/mol. The average molecular weight is 527 g/mol. The fourth-order valence-electron chi connectivity index (χ4n) is 5.02. The van der Waals surface area contributed by atoms with Crippen LogP contribution in [0.25, 0.3) is 16.8 Å². The van der Waals surface area contributed by atoms with Crippen molar-refractivity contribution in [1.29, 1.82) is 0 Å². The molecule has 1 unspecified atom stereocenters. The first kappa shape index (κ1) is 25.8. The van der Waals surface area contributed by atoms with E-state index in [9.17, 15) is 14.7 Å². The Hall–Kier alpha value is -4.79. The van der Waals surface area contributed by atoms with Crippen LogP contribution in [0, 0.1) is 0 Å². The minimum absolute atomic E-state index is 0.0386. The maximum atomic E-state index is 13.5. The molecule has 3 aromatic carbocycles. The number of aromatic nitrogens is 2. The van der Waals surface area contributed by atoms with Gasteiger partial charge in [-0.15, -0.1) is 0 Å². The lowest BCUT2D eigenvalue weighted by Crippen LogP contribution is -2.30. The molecule has 39 heavy (non-hydrogen) atoms. The van der Waals surface area contributed by atoms with E-state index in [-0.39, 0.29) is 17.3 Å². The Kier molecular flexibility index (Phi) is 6.98. The molecule has 0 radical (unpaired) electrons. The van der Waals surface area contributed by atoms with Crippen LogP contribution >= 0.6 is 0 Å². The van der Waals surface area contributed by atoms with Gasteiger partial charge in [-0.05, 0) is 61.9 Å². The van der Waals surface area contributed by atoms with E-state index in [1.54, 1.807) is 18.2 Å². The standard InChI is InChI=1S/C30H30N4O5/c1-5-33(6-2)20-14-11-18(12-15-20)26-25(27(35)19-13-16-23(38-3)24(17-19)39-4)28(36)29(37)34(26)30-31-21-9-7-8-10-22(21)32-30/h7-17,26,35H,5-6H2,1-4H3,(H,31,32)/b27-25+. The second kappa shape index (κ2) is 10.5. The summed E-state index contributed by atoms with van der Waals surface area (Å²) in [5.74, 6) is -0.823. The van der Waals surface area contributed by atoms with Crippen molar-refractivity contribution in [2.45, 2.75) is 19.9 Å². The lowest BCUT2D eigenvalue weighted by atomic mass is 9.95. The summed E-state index contributed by atoms with van der Waals surface area (Å²) in [7, 11) is 3.00. The molecule has 2 heterocycles. The lowest BCUT2D eigenvalue weighted by Gasteiger charge is -2.25. The highest BCUT2D eigenvalue weighted by Gasteiger charge is 2.48.